The molecule has 3 N–H and O–H groups in total. The van der Waals surface area contributed by atoms with Gasteiger partial charge in [-0.3, -0.25) is 4.79 Å². The number of nitrogens with one attached hydrogen (secondary N) is 1. The maximum Gasteiger partial charge on any atom is 0.243 e. The molecular weight excluding hydrogens is 268 g/mol. The third-order valence-electron chi connectivity index (χ3n) is 2.44. The number of hydrogen-bond acceptors (Lipinski definition) is 4. The Kier molecular flexibility index (Phi) is 4.73. The second-order valence-corrected chi connectivity index (χ2v) is 4.48. The summed E-state index contributed by atoms with van der Waals surface area (Å²) in [5.41, 5.74) is 6.71. The second-order valence-electron chi connectivity index (χ2n) is 4.04. The fourth-order valence-corrected chi connectivity index (χ4v) is 1.80. The molecule has 2 aromatic rings. The maximum absolute atomic E-state index is 10.4. The van der Waals surface area contributed by atoms with Gasteiger partial charge in [-0.1, -0.05) is 11.6 Å². The largest absolute Gasteiger partial charge is 0.370 e. The Morgan fingerprint density at radius 2 is 2.32 bits per heavy atom. The number of amides is 1. The van der Waals surface area contributed by atoms with E-state index in [4.69, 9.17) is 22.1 Å². The maximum atomic E-state index is 10.4. The third kappa shape index (κ3) is 4.20. The Balaban J connectivity index is 1.77. The zero-order valence-electron chi connectivity index (χ0n) is 10.3. The van der Waals surface area contributed by atoms with E-state index >= 15 is 0 Å². The standard InChI is InChI=1S/C12H15ClN4O2/c13-9-1-2-12-16-10(7-17(12)6-9)5-15-3-4-19-8-11(14)18/h1-2,6-7,15H,3-5,8H2,(H2,14,18). The lowest BCUT2D eigenvalue weighted by Crippen LogP contribution is -2.23. The van der Waals surface area contributed by atoms with Crippen LogP contribution in [0.1, 0.15) is 5.69 Å². The minimum Gasteiger partial charge on any atom is -0.370 e. The highest BCUT2D eigenvalue weighted by Crippen LogP contribution is 2.11. The summed E-state index contributed by atoms with van der Waals surface area (Å²) >= 11 is 5.90. The quantitative estimate of drug-likeness (QED) is 0.728. The van der Waals surface area contributed by atoms with Gasteiger partial charge in [-0.15, -0.1) is 0 Å². The summed E-state index contributed by atoms with van der Waals surface area (Å²) in [6.45, 7) is 1.64. The molecule has 0 atom stereocenters. The smallest absolute Gasteiger partial charge is 0.243 e. The second kappa shape index (κ2) is 6.51. The average molecular weight is 283 g/mol. The lowest BCUT2D eigenvalue weighted by atomic mass is 10.4. The summed E-state index contributed by atoms with van der Waals surface area (Å²) in [4.78, 5) is 14.9. The molecule has 0 aromatic carbocycles. The van der Waals surface area contributed by atoms with Gasteiger partial charge in [-0.05, 0) is 12.1 Å². The topological polar surface area (TPSA) is 81.7 Å². The molecule has 19 heavy (non-hydrogen) atoms. The minimum atomic E-state index is -0.461. The average Bonchev–Trinajstić information content (AvgIpc) is 2.75. The van der Waals surface area contributed by atoms with E-state index in [0.29, 0.717) is 24.7 Å². The van der Waals surface area contributed by atoms with Crippen molar-refractivity contribution in [3.8, 4) is 0 Å². The molecule has 0 fully saturated rings. The van der Waals surface area contributed by atoms with Crippen LogP contribution in [0.2, 0.25) is 5.02 Å². The first-order chi connectivity index (χ1) is 9.15. The summed E-state index contributed by atoms with van der Waals surface area (Å²) < 4.78 is 6.91. The fourth-order valence-electron chi connectivity index (χ4n) is 1.64. The Morgan fingerprint density at radius 3 is 3.11 bits per heavy atom. The number of imidazole rings is 1. The molecule has 0 bridgehead atoms. The molecule has 0 aliphatic carbocycles. The summed E-state index contributed by atoms with van der Waals surface area (Å²) in [6, 6.07) is 3.67. The summed E-state index contributed by atoms with van der Waals surface area (Å²) in [5.74, 6) is -0.461. The van der Waals surface area contributed by atoms with Gasteiger partial charge in [0.1, 0.15) is 12.3 Å². The highest BCUT2D eigenvalue weighted by molar-refractivity contribution is 6.30. The SMILES string of the molecule is NC(=O)COCCNCc1cn2cc(Cl)ccc2n1. The van der Waals surface area contributed by atoms with Crippen molar-refractivity contribution in [2.45, 2.75) is 6.54 Å². The molecule has 1 amide bonds. The van der Waals surface area contributed by atoms with Gasteiger partial charge >= 0.3 is 0 Å². The molecule has 0 saturated carbocycles. The van der Waals surface area contributed by atoms with Crippen LogP contribution in [0.25, 0.3) is 5.65 Å². The molecule has 102 valence electrons. The van der Waals surface area contributed by atoms with E-state index in [-0.39, 0.29) is 6.61 Å². The fraction of sp³-hybridized carbons (Fsp3) is 0.333. The normalized spacial score (nSPS) is 11.0. The van der Waals surface area contributed by atoms with Crippen LogP contribution >= 0.6 is 11.6 Å². The number of carbonyl (C=O) groups is 1. The van der Waals surface area contributed by atoms with Crippen LogP contribution in [0.4, 0.5) is 0 Å². The van der Waals surface area contributed by atoms with Crippen molar-refractivity contribution in [1.82, 2.24) is 14.7 Å². The first-order valence-corrected chi connectivity index (χ1v) is 6.23. The van der Waals surface area contributed by atoms with Crippen molar-refractivity contribution in [3.63, 3.8) is 0 Å². The van der Waals surface area contributed by atoms with Gasteiger partial charge in [0.25, 0.3) is 0 Å². The van der Waals surface area contributed by atoms with Crippen LogP contribution in [-0.4, -0.2) is 35.1 Å². The Hall–Kier alpha value is -1.63. The molecule has 0 aliphatic rings. The van der Waals surface area contributed by atoms with E-state index in [9.17, 15) is 4.79 Å². The van der Waals surface area contributed by atoms with E-state index in [1.165, 1.54) is 0 Å². The van der Waals surface area contributed by atoms with Crippen LogP contribution in [0.3, 0.4) is 0 Å². The molecule has 7 heteroatoms. The number of halogens is 1. The number of aromatic nitrogens is 2. The molecular formula is C12H15ClN4O2. The number of fused-ring (bicyclic) bond motifs is 1. The summed E-state index contributed by atoms with van der Waals surface area (Å²) in [7, 11) is 0. The van der Waals surface area contributed by atoms with Crippen molar-refractivity contribution >= 4 is 23.2 Å². The number of primary amides is 1. The highest BCUT2D eigenvalue weighted by atomic mass is 35.5. The van der Waals surface area contributed by atoms with Crippen LogP contribution in [0, 0.1) is 0 Å². The number of ether oxygens (including phenoxy) is 1. The molecule has 0 radical (unpaired) electrons. The third-order valence-corrected chi connectivity index (χ3v) is 2.66. The van der Waals surface area contributed by atoms with Crippen LogP contribution in [0.5, 0.6) is 0 Å². The van der Waals surface area contributed by atoms with E-state index in [1.54, 1.807) is 6.07 Å². The number of rotatable bonds is 7. The van der Waals surface area contributed by atoms with E-state index in [1.807, 2.05) is 22.9 Å². The zero-order valence-corrected chi connectivity index (χ0v) is 11.1. The number of nitrogens with zero attached hydrogens (tertiary/aromatic N) is 2. The van der Waals surface area contributed by atoms with Crippen LogP contribution < -0.4 is 11.1 Å². The van der Waals surface area contributed by atoms with Gasteiger partial charge in [-0.2, -0.15) is 0 Å². The number of carbonyl (C=O) groups excluding carboxylic acids is 1. The van der Waals surface area contributed by atoms with Gasteiger partial charge < -0.3 is 20.2 Å². The van der Waals surface area contributed by atoms with Gasteiger partial charge in [0, 0.05) is 25.5 Å². The van der Waals surface area contributed by atoms with Gasteiger partial charge in [-0.25, -0.2) is 4.98 Å². The first kappa shape index (κ1) is 13.8. The number of hydrogen-bond donors (Lipinski definition) is 2. The molecule has 0 aliphatic heterocycles. The van der Waals surface area contributed by atoms with E-state index in [2.05, 4.69) is 10.3 Å². The van der Waals surface area contributed by atoms with Gasteiger partial charge in [0.05, 0.1) is 17.3 Å². The zero-order chi connectivity index (χ0) is 13.7. The molecule has 0 saturated heterocycles. The molecule has 0 spiro atoms. The first-order valence-electron chi connectivity index (χ1n) is 5.85. The van der Waals surface area contributed by atoms with Gasteiger partial charge in [0.15, 0.2) is 0 Å². The van der Waals surface area contributed by atoms with Crippen molar-refractivity contribution in [2.75, 3.05) is 19.8 Å². The summed E-state index contributed by atoms with van der Waals surface area (Å²) in [6.07, 6.45) is 3.72. The van der Waals surface area contributed by atoms with Crippen molar-refractivity contribution in [3.05, 3.63) is 35.2 Å². The lowest BCUT2D eigenvalue weighted by molar-refractivity contribution is -0.122. The molecule has 6 nitrogen and oxygen atoms in total. The molecule has 0 unspecified atom stereocenters. The predicted octanol–water partition coefficient (Wildman–Crippen LogP) is 0.579. The molecule has 2 rings (SSSR count). The monoisotopic (exact) mass is 282 g/mol. The Labute approximate surface area is 115 Å². The van der Waals surface area contributed by atoms with Crippen LogP contribution in [-0.2, 0) is 16.1 Å². The van der Waals surface area contributed by atoms with Crippen molar-refractivity contribution < 1.29 is 9.53 Å². The highest BCUT2D eigenvalue weighted by Gasteiger charge is 2.01. The van der Waals surface area contributed by atoms with E-state index < -0.39 is 5.91 Å². The Bertz CT molecular complexity index is 570. The van der Waals surface area contributed by atoms with Crippen molar-refractivity contribution in [2.24, 2.45) is 5.73 Å². The molecule has 2 aromatic heterocycles. The lowest BCUT2D eigenvalue weighted by Gasteiger charge is -2.02. The van der Waals surface area contributed by atoms with E-state index in [0.717, 1.165) is 11.3 Å². The summed E-state index contributed by atoms with van der Waals surface area (Å²) in [5, 5.41) is 3.84. The molecule has 2 heterocycles. The predicted molar refractivity (Wildman–Crippen MR) is 71.9 cm³/mol. The van der Waals surface area contributed by atoms with Gasteiger partial charge in [0.2, 0.25) is 5.91 Å². The minimum absolute atomic E-state index is 0.0471. The Morgan fingerprint density at radius 1 is 1.47 bits per heavy atom. The number of nitrogens with two attached hydrogens (primary N) is 1. The van der Waals surface area contributed by atoms with Crippen molar-refractivity contribution in [1.29, 1.82) is 0 Å². The number of pyridine rings is 1. The van der Waals surface area contributed by atoms with Crippen LogP contribution in [0.15, 0.2) is 24.5 Å².